The Morgan fingerprint density at radius 2 is 1.86 bits per heavy atom. The molecule has 0 fully saturated rings. The molecule has 0 spiro atoms. The van der Waals surface area contributed by atoms with Crippen LogP contribution in [0.5, 0.6) is 0 Å². The monoisotopic (exact) mass is 451 g/mol. The largest absolute Gasteiger partial charge is 0.380 e. The van der Waals surface area contributed by atoms with E-state index in [-0.39, 0.29) is 12.1 Å². The summed E-state index contributed by atoms with van der Waals surface area (Å²) in [5.41, 5.74) is 4.44. The molecule has 29 heavy (non-hydrogen) atoms. The third kappa shape index (κ3) is 4.04. The zero-order valence-corrected chi connectivity index (χ0v) is 17.9. The molecule has 0 unspecified atom stereocenters. The molecule has 0 aliphatic carbocycles. The molecular formula is C23H22BrN3O2. The molecule has 1 aliphatic heterocycles. The van der Waals surface area contributed by atoms with Crippen molar-refractivity contribution in [3.8, 4) is 0 Å². The number of benzene rings is 2. The van der Waals surface area contributed by atoms with Crippen LogP contribution >= 0.6 is 15.9 Å². The Bertz CT molecular complexity index is 1020. The predicted molar refractivity (Wildman–Crippen MR) is 117 cm³/mol. The second kappa shape index (κ2) is 8.35. The first-order chi connectivity index (χ1) is 14.1. The highest BCUT2D eigenvalue weighted by molar-refractivity contribution is 9.10. The van der Waals surface area contributed by atoms with Crippen molar-refractivity contribution < 1.29 is 9.53 Å². The zero-order chi connectivity index (χ0) is 20.4. The van der Waals surface area contributed by atoms with Crippen LogP contribution in [-0.4, -0.2) is 18.0 Å². The summed E-state index contributed by atoms with van der Waals surface area (Å²) in [6.45, 7) is 2.93. The first-order valence-electron chi connectivity index (χ1n) is 9.43. The Kier molecular flexibility index (Phi) is 5.65. The number of nitrogens with zero attached hydrogens (tertiary/aromatic N) is 2. The van der Waals surface area contributed by atoms with E-state index in [1.165, 1.54) is 0 Å². The molecule has 2 heterocycles. The fraction of sp³-hybridized carbons (Fsp3) is 0.217. The van der Waals surface area contributed by atoms with Crippen molar-refractivity contribution in [1.82, 2.24) is 10.3 Å². The number of ether oxygens (including phenoxy) is 1. The van der Waals surface area contributed by atoms with Crippen LogP contribution in [0.3, 0.4) is 0 Å². The SMILES string of the molecule is COCc1cc(C)nc2c1C(=O)N[C@@H](c1ccc(Br)cc1)N2Cc1ccccc1. The Labute approximate surface area is 178 Å². The van der Waals surface area contributed by atoms with E-state index in [1.807, 2.05) is 55.5 Å². The summed E-state index contributed by atoms with van der Waals surface area (Å²) in [5.74, 6) is 0.564. The van der Waals surface area contributed by atoms with E-state index in [0.717, 1.165) is 26.9 Å². The average molecular weight is 452 g/mol. The van der Waals surface area contributed by atoms with Crippen LogP contribution in [0.4, 0.5) is 5.82 Å². The van der Waals surface area contributed by atoms with E-state index in [1.54, 1.807) is 7.11 Å². The van der Waals surface area contributed by atoms with Gasteiger partial charge in [-0.25, -0.2) is 4.98 Å². The van der Waals surface area contributed by atoms with Crippen LogP contribution < -0.4 is 10.2 Å². The molecule has 1 aromatic heterocycles. The number of hydrogen-bond donors (Lipinski definition) is 1. The number of methoxy groups -OCH3 is 1. The topological polar surface area (TPSA) is 54.5 Å². The van der Waals surface area contributed by atoms with Gasteiger partial charge < -0.3 is 15.0 Å². The van der Waals surface area contributed by atoms with Crippen molar-refractivity contribution in [2.75, 3.05) is 12.0 Å². The number of carbonyl (C=O) groups is 1. The van der Waals surface area contributed by atoms with Gasteiger partial charge in [0.05, 0.1) is 12.2 Å². The van der Waals surface area contributed by atoms with Crippen LogP contribution in [0.25, 0.3) is 0 Å². The standard InChI is InChI=1S/C23H22BrN3O2/c1-15-12-18(14-29-2)20-22(25-15)27(13-16-6-4-3-5-7-16)21(26-23(20)28)17-8-10-19(24)11-9-17/h3-12,21H,13-14H2,1-2H3,(H,26,28)/t21-/m1/s1. The second-order valence-corrected chi connectivity index (χ2v) is 8.01. The number of pyridine rings is 1. The number of amides is 1. The smallest absolute Gasteiger partial charge is 0.257 e. The third-order valence-electron chi connectivity index (χ3n) is 4.97. The second-order valence-electron chi connectivity index (χ2n) is 7.10. The number of aromatic nitrogens is 1. The van der Waals surface area contributed by atoms with Gasteiger partial charge in [-0.15, -0.1) is 0 Å². The number of nitrogens with one attached hydrogen (secondary N) is 1. The summed E-state index contributed by atoms with van der Waals surface area (Å²) in [4.78, 5) is 20.0. The van der Waals surface area contributed by atoms with Gasteiger partial charge in [0.2, 0.25) is 0 Å². The summed E-state index contributed by atoms with van der Waals surface area (Å²) >= 11 is 3.49. The fourth-order valence-corrected chi connectivity index (χ4v) is 3.96. The minimum atomic E-state index is -0.312. The van der Waals surface area contributed by atoms with Gasteiger partial charge in [-0.05, 0) is 41.8 Å². The normalized spacial score (nSPS) is 15.8. The van der Waals surface area contributed by atoms with Gasteiger partial charge in [-0.2, -0.15) is 0 Å². The first-order valence-corrected chi connectivity index (χ1v) is 10.2. The Morgan fingerprint density at radius 1 is 1.14 bits per heavy atom. The molecule has 1 aliphatic rings. The van der Waals surface area contributed by atoms with Crippen molar-refractivity contribution in [3.63, 3.8) is 0 Å². The van der Waals surface area contributed by atoms with Gasteiger partial charge in [0.15, 0.2) is 0 Å². The number of aryl methyl sites for hydroxylation is 1. The summed E-state index contributed by atoms with van der Waals surface area (Å²) in [6, 6.07) is 20.1. The van der Waals surface area contributed by atoms with Crippen molar-refractivity contribution >= 4 is 27.7 Å². The number of hydrogen-bond acceptors (Lipinski definition) is 4. The molecule has 148 valence electrons. The van der Waals surface area contributed by atoms with Gasteiger partial charge in [0, 0.05) is 23.8 Å². The molecule has 0 saturated heterocycles. The molecule has 5 nitrogen and oxygen atoms in total. The van der Waals surface area contributed by atoms with Gasteiger partial charge in [0.25, 0.3) is 5.91 Å². The summed E-state index contributed by atoms with van der Waals surface area (Å²) in [7, 11) is 1.63. The van der Waals surface area contributed by atoms with Gasteiger partial charge >= 0.3 is 0 Å². The fourth-order valence-electron chi connectivity index (χ4n) is 3.70. The van der Waals surface area contributed by atoms with Crippen molar-refractivity contribution in [2.45, 2.75) is 26.2 Å². The lowest BCUT2D eigenvalue weighted by molar-refractivity contribution is 0.0919. The van der Waals surface area contributed by atoms with E-state index in [2.05, 4.69) is 38.3 Å². The highest BCUT2D eigenvalue weighted by Gasteiger charge is 2.35. The molecule has 1 atom stereocenters. The summed E-state index contributed by atoms with van der Waals surface area (Å²) < 4.78 is 6.34. The van der Waals surface area contributed by atoms with E-state index in [9.17, 15) is 4.79 Å². The number of anilines is 1. The van der Waals surface area contributed by atoms with E-state index in [0.29, 0.717) is 24.5 Å². The van der Waals surface area contributed by atoms with Gasteiger partial charge in [-0.1, -0.05) is 58.4 Å². The highest BCUT2D eigenvalue weighted by Crippen LogP contribution is 2.35. The van der Waals surface area contributed by atoms with Crippen LogP contribution in [0.15, 0.2) is 65.1 Å². The van der Waals surface area contributed by atoms with E-state index >= 15 is 0 Å². The molecule has 3 aromatic rings. The van der Waals surface area contributed by atoms with Crippen molar-refractivity contribution in [3.05, 3.63) is 93.1 Å². The number of rotatable bonds is 5. The molecule has 6 heteroatoms. The molecule has 0 saturated carbocycles. The predicted octanol–water partition coefficient (Wildman–Crippen LogP) is 4.75. The minimum absolute atomic E-state index is 0.128. The minimum Gasteiger partial charge on any atom is -0.380 e. The summed E-state index contributed by atoms with van der Waals surface area (Å²) in [5, 5.41) is 3.17. The number of carbonyl (C=O) groups excluding carboxylic acids is 1. The Hall–Kier alpha value is -2.70. The first kappa shape index (κ1) is 19.6. The maximum atomic E-state index is 13.1. The van der Waals surface area contributed by atoms with Crippen molar-refractivity contribution in [1.29, 1.82) is 0 Å². The quantitative estimate of drug-likeness (QED) is 0.607. The average Bonchev–Trinajstić information content (AvgIpc) is 2.71. The zero-order valence-electron chi connectivity index (χ0n) is 16.4. The molecule has 1 N–H and O–H groups in total. The van der Waals surface area contributed by atoms with E-state index < -0.39 is 0 Å². The third-order valence-corrected chi connectivity index (χ3v) is 5.50. The van der Waals surface area contributed by atoms with Gasteiger partial charge in [-0.3, -0.25) is 4.79 Å². The maximum Gasteiger partial charge on any atom is 0.257 e. The lowest BCUT2D eigenvalue weighted by Crippen LogP contribution is -2.47. The molecule has 0 bridgehead atoms. The molecular weight excluding hydrogens is 430 g/mol. The number of fused-ring (bicyclic) bond motifs is 1. The van der Waals surface area contributed by atoms with Crippen molar-refractivity contribution in [2.24, 2.45) is 0 Å². The Morgan fingerprint density at radius 3 is 2.55 bits per heavy atom. The Balaban J connectivity index is 1.85. The highest BCUT2D eigenvalue weighted by atomic mass is 79.9. The number of halogens is 1. The molecule has 4 rings (SSSR count). The van der Waals surface area contributed by atoms with Crippen LogP contribution in [0, 0.1) is 6.92 Å². The maximum absolute atomic E-state index is 13.1. The molecule has 2 aromatic carbocycles. The van der Waals surface area contributed by atoms with Gasteiger partial charge in [0.1, 0.15) is 12.0 Å². The van der Waals surface area contributed by atoms with Crippen LogP contribution in [0.2, 0.25) is 0 Å². The van der Waals surface area contributed by atoms with Crippen LogP contribution in [0.1, 0.15) is 38.9 Å². The lowest BCUT2D eigenvalue weighted by Gasteiger charge is -2.39. The molecule has 0 radical (unpaired) electrons. The molecule has 1 amide bonds. The summed E-state index contributed by atoms with van der Waals surface area (Å²) in [6.07, 6.45) is -0.312. The van der Waals surface area contributed by atoms with Crippen LogP contribution in [-0.2, 0) is 17.9 Å². The van der Waals surface area contributed by atoms with E-state index in [4.69, 9.17) is 9.72 Å². The lowest BCUT2D eigenvalue weighted by atomic mass is 10.0.